The van der Waals surface area contributed by atoms with Gasteiger partial charge in [-0.05, 0) is 77.2 Å². The van der Waals surface area contributed by atoms with Crippen molar-refractivity contribution in [1.29, 1.82) is 0 Å². The quantitative estimate of drug-likeness (QED) is 0.197. The normalized spacial score (nSPS) is 41.2. The lowest BCUT2D eigenvalue weighted by atomic mass is 9.85. The zero-order valence-corrected chi connectivity index (χ0v) is 25.0. The number of esters is 1. The lowest BCUT2D eigenvalue weighted by Crippen LogP contribution is -2.41. The molecule has 0 bridgehead atoms. The first kappa shape index (κ1) is 34.1. The molecule has 8 heteroatoms. The Morgan fingerprint density at radius 1 is 1.02 bits per heavy atom. The number of rotatable bonds is 0. The van der Waals surface area contributed by atoms with Gasteiger partial charge in [-0.2, -0.15) is 0 Å². The van der Waals surface area contributed by atoms with E-state index in [4.69, 9.17) is 9.47 Å². The molecule has 0 aliphatic carbocycles. The maximum absolute atomic E-state index is 12.6. The van der Waals surface area contributed by atoms with Crippen LogP contribution in [0.5, 0.6) is 0 Å². The van der Waals surface area contributed by atoms with Crippen LogP contribution in [0.1, 0.15) is 86.5 Å². The summed E-state index contributed by atoms with van der Waals surface area (Å²) in [5.74, 6) is -1.40. The van der Waals surface area contributed by atoms with Crippen LogP contribution < -0.4 is 0 Å². The van der Waals surface area contributed by atoms with Gasteiger partial charge in [-0.25, -0.2) is 4.79 Å². The molecule has 1 saturated heterocycles. The van der Waals surface area contributed by atoms with Crippen molar-refractivity contribution in [2.75, 3.05) is 0 Å². The first-order valence-electron chi connectivity index (χ1n) is 14.5. The summed E-state index contributed by atoms with van der Waals surface area (Å²) in [6.07, 6.45) is 5.95. The van der Waals surface area contributed by atoms with Crippen LogP contribution in [0.15, 0.2) is 47.6 Å². The Morgan fingerprint density at radius 3 is 2.38 bits per heavy atom. The number of aliphatic hydroxyl groups excluding tert-OH is 3. The van der Waals surface area contributed by atoms with Crippen molar-refractivity contribution in [3.63, 3.8) is 0 Å². The monoisotopic (exact) mass is 562 g/mol. The van der Waals surface area contributed by atoms with Crippen molar-refractivity contribution in [2.45, 2.75) is 129 Å². The Bertz CT molecular complexity index is 977. The molecule has 0 saturated carbocycles. The SMILES string of the molecule is C=C1/C=C(/C)C(C)(O)CC(O)CC(=O)C(O)C(O)C(C)CC(C)OC(=O)/C(C)=C\CCC=CC2OC2CC(C)C1. The standard InChI is InChI=1S/C32H50O8/c1-19-13-20(2)15-28-27(40-28)12-10-8-9-11-21(3)31(37)39-24(6)16-22(4)29(35)30(36)26(34)17-25(33)18-32(7,38)23(5)14-19/h10-12,14,20,22,24-25,27-30,33,35-36,38H,1,8-9,13,15-18H2,2-7H3/b12-10?,21-11-,23-14-. The zero-order valence-electron chi connectivity index (χ0n) is 25.0. The zero-order chi connectivity index (χ0) is 30.2. The first-order valence-corrected chi connectivity index (χ1v) is 14.5. The maximum Gasteiger partial charge on any atom is 0.333 e. The number of Topliss-reactive ketones (excluding diaryl/α,β-unsaturated/α-hetero) is 1. The second-order valence-electron chi connectivity index (χ2n) is 12.2. The number of allylic oxidation sites excluding steroid dienone is 4. The van der Waals surface area contributed by atoms with Gasteiger partial charge in [0, 0.05) is 18.4 Å². The molecular weight excluding hydrogens is 512 g/mol. The van der Waals surface area contributed by atoms with Gasteiger partial charge in [0.05, 0.1) is 30.0 Å². The molecule has 226 valence electrons. The van der Waals surface area contributed by atoms with Crippen molar-refractivity contribution < 1.29 is 39.5 Å². The average molecular weight is 563 g/mol. The summed E-state index contributed by atoms with van der Waals surface area (Å²) in [7, 11) is 0. The fraction of sp³-hybridized carbons (Fsp3) is 0.688. The molecule has 0 radical (unpaired) electrons. The number of carbonyl (C=O) groups excluding carboxylic acids is 2. The van der Waals surface area contributed by atoms with Crippen molar-refractivity contribution in [3.05, 3.63) is 47.6 Å². The summed E-state index contributed by atoms with van der Waals surface area (Å²) >= 11 is 0. The molecule has 2 rings (SSSR count). The van der Waals surface area contributed by atoms with Crippen molar-refractivity contribution >= 4 is 11.8 Å². The van der Waals surface area contributed by atoms with Gasteiger partial charge >= 0.3 is 5.97 Å². The number of fused-ring (bicyclic) bond motifs is 1. The van der Waals surface area contributed by atoms with E-state index >= 15 is 0 Å². The van der Waals surface area contributed by atoms with Gasteiger partial charge in [-0.15, -0.1) is 0 Å². The van der Waals surface area contributed by atoms with E-state index < -0.39 is 54.1 Å². The van der Waals surface area contributed by atoms with Gasteiger partial charge in [0.2, 0.25) is 0 Å². The van der Waals surface area contributed by atoms with E-state index in [2.05, 4.69) is 25.7 Å². The summed E-state index contributed by atoms with van der Waals surface area (Å²) in [6.45, 7) is 14.7. The number of ether oxygens (including phenoxy) is 2. The highest BCUT2D eigenvalue weighted by molar-refractivity contribution is 5.87. The van der Waals surface area contributed by atoms with E-state index in [-0.39, 0.29) is 25.0 Å². The van der Waals surface area contributed by atoms with E-state index in [0.717, 1.165) is 24.8 Å². The molecule has 40 heavy (non-hydrogen) atoms. The Morgan fingerprint density at radius 2 is 1.70 bits per heavy atom. The van der Waals surface area contributed by atoms with E-state index in [1.54, 1.807) is 34.6 Å². The van der Waals surface area contributed by atoms with Gasteiger partial charge in [0.25, 0.3) is 0 Å². The number of ketones is 1. The van der Waals surface area contributed by atoms with Crippen molar-refractivity contribution in [1.82, 2.24) is 0 Å². The summed E-state index contributed by atoms with van der Waals surface area (Å²) in [6, 6.07) is 0. The predicted molar refractivity (Wildman–Crippen MR) is 154 cm³/mol. The topological polar surface area (TPSA) is 137 Å². The van der Waals surface area contributed by atoms with E-state index in [9.17, 15) is 30.0 Å². The molecule has 2 aliphatic heterocycles. The smallest absolute Gasteiger partial charge is 0.333 e. The summed E-state index contributed by atoms with van der Waals surface area (Å²) < 4.78 is 11.3. The number of hydrogen-bond donors (Lipinski definition) is 4. The Kier molecular flexibility index (Phi) is 13.0. The van der Waals surface area contributed by atoms with Crippen molar-refractivity contribution in [3.8, 4) is 0 Å². The van der Waals surface area contributed by atoms with Crippen LogP contribution in [0.3, 0.4) is 0 Å². The van der Waals surface area contributed by atoms with Crippen LogP contribution in [0, 0.1) is 11.8 Å². The Labute approximate surface area is 239 Å². The minimum atomic E-state index is -1.71. The van der Waals surface area contributed by atoms with Gasteiger partial charge in [0.1, 0.15) is 12.2 Å². The van der Waals surface area contributed by atoms with Crippen LogP contribution in [-0.4, -0.2) is 74.4 Å². The number of aliphatic hydroxyl groups is 4. The molecule has 2 aliphatic rings. The van der Waals surface area contributed by atoms with Crippen LogP contribution in [0.4, 0.5) is 0 Å². The van der Waals surface area contributed by atoms with E-state index in [1.807, 2.05) is 12.2 Å². The number of carbonyl (C=O) groups is 2. The van der Waals surface area contributed by atoms with E-state index in [0.29, 0.717) is 23.5 Å². The second kappa shape index (κ2) is 15.2. The maximum atomic E-state index is 12.6. The van der Waals surface area contributed by atoms with Gasteiger partial charge < -0.3 is 29.9 Å². The molecule has 4 N–H and O–H groups in total. The van der Waals surface area contributed by atoms with Crippen LogP contribution in [0.2, 0.25) is 0 Å². The highest BCUT2D eigenvalue weighted by atomic mass is 16.6. The van der Waals surface area contributed by atoms with Crippen molar-refractivity contribution in [2.24, 2.45) is 11.8 Å². The van der Waals surface area contributed by atoms with Crippen LogP contribution >= 0.6 is 0 Å². The van der Waals surface area contributed by atoms with Crippen LogP contribution in [-0.2, 0) is 19.1 Å². The summed E-state index contributed by atoms with van der Waals surface area (Å²) in [4.78, 5) is 25.1. The fourth-order valence-corrected chi connectivity index (χ4v) is 5.21. The van der Waals surface area contributed by atoms with E-state index in [1.165, 1.54) is 0 Å². The minimum Gasteiger partial charge on any atom is -0.459 e. The summed E-state index contributed by atoms with van der Waals surface area (Å²) in [5.41, 5.74) is 0.569. The van der Waals surface area contributed by atoms with Gasteiger partial charge in [0.15, 0.2) is 5.78 Å². The summed E-state index contributed by atoms with van der Waals surface area (Å²) in [5, 5.41) is 42.6. The number of epoxide rings is 1. The molecule has 0 amide bonds. The third-order valence-electron chi connectivity index (χ3n) is 7.89. The molecule has 0 aromatic carbocycles. The molecule has 0 spiro atoms. The highest BCUT2D eigenvalue weighted by Gasteiger charge is 2.37. The number of hydrogen-bond acceptors (Lipinski definition) is 8. The van der Waals surface area contributed by atoms with Crippen LogP contribution in [0.25, 0.3) is 0 Å². The third-order valence-corrected chi connectivity index (χ3v) is 7.89. The average Bonchev–Trinajstić information content (AvgIpc) is 3.58. The molecule has 8 nitrogen and oxygen atoms in total. The largest absolute Gasteiger partial charge is 0.459 e. The highest BCUT2D eigenvalue weighted by Crippen LogP contribution is 2.33. The molecule has 9 atom stereocenters. The lowest BCUT2D eigenvalue weighted by molar-refractivity contribution is -0.146. The Hall–Kier alpha value is -2.10. The number of cyclic esters (lactones) is 1. The first-order chi connectivity index (χ1) is 18.6. The fourth-order valence-electron chi connectivity index (χ4n) is 5.21. The molecule has 0 aromatic rings. The van der Waals surface area contributed by atoms with Gasteiger partial charge in [-0.3, -0.25) is 4.79 Å². The molecule has 2 heterocycles. The Balaban J connectivity index is 2.15. The molecular formula is C32H50O8. The second-order valence-corrected chi connectivity index (χ2v) is 12.2. The molecule has 9 unspecified atom stereocenters. The predicted octanol–water partition coefficient (Wildman–Crippen LogP) is 4.11. The molecule has 1 fully saturated rings. The minimum absolute atomic E-state index is 0.100. The lowest BCUT2D eigenvalue weighted by Gasteiger charge is -2.29. The third kappa shape index (κ3) is 11.1. The molecule has 0 aromatic heterocycles. The van der Waals surface area contributed by atoms with Gasteiger partial charge in [-0.1, -0.05) is 50.3 Å².